The summed E-state index contributed by atoms with van der Waals surface area (Å²) in [6.07, 6.45) is 4.13. The standard InChI is InChI=1S/C12H20N2O3/c1-8(15)13-10-5-9(12(16)17)6-14(7-10)11-3-2-4-11/h9-11H,2-7H2,1H3,(H,13,15)(H,16,17). The van der Waals surface area contributed by atoms with Gasteiger partial charge < -0.3 is 10.4 Å². The summed E-state index contributed by atoms with van der Waals surface area (Å²) in [6.45, 7) is 2.92. The molecule has 0 aromatic rings. The van der Waals surface area contributed by atoms with Crippen LogP contribution in [0.5, 0.6) is 0 Å². The Morgan fingerprint density at radius 3 is 2.47 bits per heavy atom. The first kappa shape index (κ1) is 12.4. The highest BCUT2D eigenvalue weighted by atomic mass is 16.4. The van der Waals surface area contributed by atoms with Crippen LogP contribution in [0.15, 0.2) is 0 Å². The SMILES string of the molecule is CC(=O)NC1CC(C(=O)O)CN(C2CCC2)C1. The Labute approximate surface area is 101 Å². The highest BCUT2D eigenvalue weighted by Gasteiger charge is 2.36. The zero-order valence-corrected chi connectivity index (χ0v) is 10.2. The van der Waals surface area contributed by atoms with Crippen LogP contribution in [-0.2, 0) is 9.59 Å². The maximum atomic E-state index is 11.1. The molecule has 0 bridgehead atoms. The molecule has 1 aliphatic heterocycles. The lowest BCUT2D eigenvalue weighted by atomic mass is 9.86. The van der Waals surface area contributed by atoms with Crippen LogP contribution in [0, 0.1) is 5.92 Å². The fourth-order valence-corrected chi connectivity index (χ4v) is 2.75. The molecule has 2 rings (SSSR count). The topological polar surface area (TPSA) is 69.6 Å². The van der Waals surface area contributed by atoms with Gasteiger partial charge >= 0.3 is 5.97 Å². The Kier molecular flexibility index (Phi) is 3.66. The highest BCUT2D eigenvalue weighted by molar-refractivity contribution is 5.74. The van der Waals surface area contributed by atoms with Crippen molar-refractivity contribution in [2.24, 2.45) is 5.92 Å². The largest absolute Gasteiger partial charge is 0.481 e. The predicted octanol–water partition coefficient (Wildman–Crippen LogP) is 0.450. The molecule has 2 N–H and O–H groups in total. The Bertz CT molecular complexity index is 315. The van der Waals surface area contributed by atoms with E-state index in [-0.39, 0.29) is 17.9 Å². The van der Waals surface area contributed by atoms with Gasteiger partial charge in [0.05, 0.1) is 5.92 Å². The summed E-state index contributed by atoms with van der Waals surface area (Å²) in [5.74, 6) is -1.17. The second-order valence-electron chi connectivity index (χ2n) is 5.21. The number of carboxylic acids is 1. The average molecular weight is 240 g/mol. The molecular formula is C12H20N2O3. The van der Waals surface area contributed by atoms with Crippen molar-refractivity contribution in [1.82, 2.24) is 10.2 Å². The molecule has 0 radical (unpaired) electrons. The Morgan fingerprint density at radius 1 is 1.29 bits per heavy atom. The van der Waals surface area contributed by atoms with E-state index >= 15 is 0 Å². The van der Waals surface area contributed by atoms with Crippen LogP contribution in [0.1, 0.15) is 32.6 Å². The Morgan fingerprint density at radius 2 is 2.00 bits per heavy atom. The first-order valence-electron chi connectivity index (χ1n) is 6.30. The lowest BCUT2D eigenvalue weighted by Crippen LogP contribution is -2.56. The molecule has 5 nitrogen and oxygen atoms in total. The zero-order valence-electron chi connectivity index (χ0n) is 10.2. The van der Waals surface area contributed by atoms with Gasteiger partial charge in [0.2, 0.25) is 5.91 Å². The van der Waals surface area contributed by atoms with Crippen molar-refractivity contribution >= 4 is 11.9 Å². The van der Waals surface area contributed by atoms with E-state index in [0.717, 1.165) is 6.54 Å². The van der Waals surface area contributed by atoms with E-state index in [2.05, 4.69) is 10.2 Å². The zero-order chi connectivity index (χ0) is 12.4. The van der Waals surface area contributed by atoms with Crippen molar-refractivity contribution in [2.75, 3.05) is 13.1 Å². The summed E-state index contributed by atoms with van der Waals surface area (Å²) in [7, 11) is 0. The van der Waals surface area contributed by atoms with E-state index in [1.54, 1.807) is 0 Å². The van der Waals surface area contributed by atoms with Gasteiger partial charge in [-0.25, -0.2) is 0 Å². The molecule has 96 valence electrons. The molecule has 1 saturated heterocycles. The normalized spacial score (nSPS) is 30.6. The Hall–Kier alpha value is -1.10. The third-order valence-corrected chi connectivity index (χ3v) is 3.83. The number of carboxylic acid groups (broad SMARTS) is 1. The van der Waals surface area contributed by atoms with Crippen molar-refractivity contribution in [2.45, 2.75) is 44.7 Å². The molecule has 0 spiro atoms. The molecule has 1 heterocycles. The molecule has 1 saturated carbocycles. The monoisotopic (exact) mass is 240 g/mol. The number of hydrogen-bond acceptors (Lipinski definition) is 3. The summed E-state index contributed by atoms with van der Waals surface area (Å²) in [5, 5.41) is 12.0. The predicted molar refractivity (Wildman–Crippen MR) is 62.6 cm³/mol. The molecule has 2 atom stereocenters. The van der Waals surface area contributed by atoms with Gasteiger partial charge in [0.25, 0.3) is 0 Å². The molecule has 2 aliphatic rings. The van der Waals surface area contributed by atoms with E-state index in [9.17, 15) is 9.59 Å². The number of aliphatic carboxylic acids is 1. The van der Waals surface area contributed by atoms with Crippen molar-refractivity contribution in [3.8, 4) is 0 Å². The van der Waals surface area contributed by atoms with E-state index in [4.69, 9.17) is 5.11 Å². The first-order chi connectivity index (χ1) is 8.06. The van der Waals surface area contributed by atoms with Crippen molar-refractivity contribution in [3.05, 3.63) is 0 Å². The molecule has 5 heteroatoms. The number of nitrogens with one attached hydrogen (secondary N) is 1. The molecule has 1 aliphatic carbocycles. The lowest BCUT2D eigenvalue weighted by Gasteiger charge is -2.44. The molecular weight excluding hydrogens is 220 g/mol. The maximum absolute atomic E-state index is 11.1. The maximum Gasteiger partial charge on any atom is 0.307 e. The van der Waals surface area contributed by atoms with Gasteiger partial charge in [-0.3, -0.25) is 14.5 Å². The molecule has 2 fully saturated rings. The van der Waals surface area contributed by atoms with Crippen LogP contribution < -0.4 is 5.32 Å². The van der Waals surface area contributed by atoms with Crippen molar-refractivity contribution < 1.29 is 14.7 Å². The van der Waals surface area contributed by atoms with Gasteiger partial charge in [0.15, 0.2) is 0 Å². The van der Waals surface area contributed by atoms with E-state index < -0.39 is 5.97 Å². The third kappa shape index (κ3) is 2.97. The number of likely N-dealkylation sites (tertiary alicyclic amines) is 1. The summed E-state index contributed by atoms with van der Waals surface area (Å²) < 4.78 is 0. The number of piperidine rings is 1. The fraction of sp³-hybridized carbons (Fsp3) is 0.833. The van der Waals surface area contributed by atoms with E-state index in [1.165, 1.54) is 26.2 Å². The molecule has 0 aromatic carbocycles. The summed E-state index contributed by atoms with van der Waals surface area (Å²) in [5.41, 5.74) is 0. The van der Waals surface area contributed by atoms with Crippen molar-refractivity contribution in [1.29, 1.82) is 0 Å². The number of amides is 1. The summed E-state index contributed by atoms with van der Waals surface area (Å²) in [6, 6.07) is 0.524. The molecule has 2 unspecified atom stereocenters. The number of rotatable bonds is 3. The van der Waals surface area contributed by atoms with Gasteiger partial charge in [-0.2, -0.15) is 0 Å². The van der Waals surface area contributed by atoms with Gasteiger partial charge in [0, 0.05) is 32.1 Å². The quantitative estimate of drug-likeness (QED) is 0.751. The van der Waals surface area contributed by atoms with Crippen molar-refractivity contribution in [3.63, 3.8) is 0 Å². The van der Waals surface area contributed by atoms with Gasteiger partial charge in [-0.05, 0) is 19.3 Å². The minimum atomic E-state index is -0.746. The van der Waals surface area contributed by atoms with Gasteiger partial charge in [-0.15, -0.1) is 0 Å². The fourth-order valence-electron chi connectivity index (χ4n) is 2.75. The van der Waals surface area contributed by atoms with Crippen LogP contribution in [0.3, 0.4) is 0 Å². The van der Waals surface area contributed by atoms with Crippen LogP contribution >= 0.6 is 0 Å². The van der Waals surface area contributed by atoms with Crippen LogP contribution in [0.4, 0.5) is 0 Å². The number of hydrogen-bond donors (Lipinski definition) is 2. The molecule has 17 heavy (non-hydrogen) atoms. The second-order valence-corrected chi connectivity index (χ2v) is 5.21. The van der Waals surface area contributed by atoms with E-state index in [1.807, 2.05) is 0 Å². The Balaban J connectivity index is 1.98. The first-order valence-corrected chi connectivity index (χ1v) is 6.30. The summed E-state index contributed by atoms with van der Waals surface area (Å²) in [4.78, 5) is 24.4. The minimum absolute atomic E-state index is 0.0112. The van der Waals surface area contributed by atoms with Crippen LogP contribution in [0.25, 0.3) is 0 Å². The lowest BCUT2D eigenvalue weighted by molar-refractivity contribution is -0.145. The number of carbonyl (C=O) groups is 2. The second kappa shape index (κ2) is 5.04. The highest BCUT2D eigenvalue weighted by Crippen LogP contribution is 2.29. The number of carbonyl (C=O) groups excluding carboxylic acids is 1. The smallest absolute Gasteiger partial charge is 0.307 e. The minimum Gasteiger partial charge on any atom is -0.481 e. The van der Waals surface area contributed by atoms with Gasteiger partial charge in [0.1, 0.15) is 0 Å². The van der Waals surface area contributed by atoms with Crippen LogP contribution in [-0.4, -0.2) is 47.1 Å². The molecule has 1 amide bonds. The average Bonchev–Trinajstić information content (AvgIpc) is 2.13. The number of nitrogens with zero attached hydrogens (tertiary/aromatic N) is 1. The summed E-state index contributed by atoms with van der Waals surface area (Å²) >= 11 is 0. The third-order valence-electron chi connectivity index (χ3n) is 3.83. The van der Waals surface area contributed by atoms with E-state index in [0.29, 0.717) is 19.0 Å². The van der Waals surface area contributed by atoms with Gasteiger partial charge in [-0.1, -0.05) is 6.42 Å². The van der Waals surface area contributed by atoms with Crippen LogP contribution in [0.2, 0.25) is 0 Å². The molecule has 0 aromatic heterocycles.